The zero-order valence-corrected chi connectivity index (χ0v) is 15.8. The SMILES string of the molecule is CC(C)(C)Oc1cncc(OC2CC2)c1B1OC(C)(C)C(C)(C)O1. The van der Waals surface area contributed by atoms with Crippen LogP contribution in [-0.4, -0.2) is 35.0 Å². The van der Waals surface area contributed by atoms with Gasteiger partial charge in [-0.05, 0) is 61.3 Å². The van der Waals surface area contributed by atoms with Gasteiger partial charge in [0.05, 0.1) is 35.2 Å². The van der Waals surface area contributed by atoms with E-state index < -0.39 is 18.3 Å². The largest absolute Gasteiger partial charge is 0.502 e. The van der Waals surface area contributed by atoms with Gasteiger partial charge in [0, 0.05) is 0 Å². The smallest absolute Gasteiger partial charge is 0.489 e. The highest BCUT2D eigenvalue weighted by molar-refractivity contribution is 6.64. The molecular formula is C18H28BNO4. The van der Waals surface area contributed by atoms with Gasteiger partial charge in [0.2, 0.25) is 0 Å². The second-order valence-corrected chi connectivity index (χ2v) is 8.67. The number of ether oxygens (including phenoxy) is 2. The quantitative estimate of drug-likeness (QED) is 0.793. The van der Waals surface area contributed by atoms with Crippen molar-refractivity contribution in [1.29, 1.82) is 0 Å². The molecule has 2 fully saturated rings. The molecule has 1 aliphatic heterocycles. The van der Waals surface area contributed by atoms with Crippen LogP contribution in [0.25, 0.3) is 0 Å². The molecule has 3 rings (SSSR count). The van der Waals surface area contributed by atoms with E-state index in [1.165, 1.54) is 0 Å². The molecule has 1 saturated heterocycles. The molecule has 0 amide bonds. The van der Waals surface area contributed by atoms with Crippen LogP contribution in [0.3, 0.4) is 0 Å². The van der Waals surface area contributed by atoms with Crippen molar-refractivity contribution < 1.29 is 18.8 Å². The van der Waals surface area contributed by atoms with Gasteiger partial charge in [-0.25, -0.2) is 0 Å². The highest BCUT2D eigenvalue weighted by Gasteiger charge is 2.53. The fraction of sp³-hybridized carbons (Fsp3) is 0.722. The lowest BCUT2D eigenvalue weighted by molar-refractivity contribution is 0.00578. The molecule has 5 nitrogen and oxygen atoms in total. The van der Waals surface area contributed by atoms with Crippen LogP contribution in [0, 0.1) is 0 Å². The third kappa shape index (κ3) is 3.54. The summed E-state index contributed by atoms with van der Waals surface area (Å²) < 4.78 is 24.7. The van der Waals surface area contributed by atoms with Crippen LogP contribution in [0.2, 0.25) is 0 Å². The highest BCUT2D eigenvalue weighted by atomic mass is 16.7. The van der Waals surface area contributed by atoms with Crippen molar-refractivity contribution in [3.8, 4) is 11.5 Å². The Kier molecular flexibility index (Phi) is 4.12. The van der Waals surface area contributed by atoms with Crippen molar-refractivity contribution in [2.75, 3.05) is 0 Å². The summed E-state index contributed by atoms with van der Waals surface area (Å²) in [6.45, 7) is 14.2. The van der Waals surface area contributed by atoms with Crippen molar-refractivity contribution in [2.24, 2.45) is 0 Å². The summed E-state index contributed by atoms with van der Waals surface area (Å²) in [7, 11) is -0.538. The second-order valence-electron chi connectivity index (χ2n) is 8.67. The topological polar surface area (TPSA) is 49.8 Å². The molecule has 24 heavy (non-hydrogen) atoms. The minimum absolute atomic E-state index is 0.262. The van der Waals surface area contributed by atoms with Gasteiger partial charge in [0.15, 0.2) is 0 Å². The van der Waals surface area contributed by atoms with Crippen LogP contribution >= 0.6 is 0 Å². The first-order valence-corrected chi connectivity index (χ1v) is 8.68. The first-order chi connectivity index (χ1) is 11.0. The van der Waals surface area contributed by atoms with Crippen molar-refractivity contribution >= 4 is 12.6 Å². The molecule has 0 radical (unpaired) electrons. The maximum atomic E-state index is 6.24. The van der Waals surface area contributed by atoms with E-state index in [1.54, 1.807) is 12.4 Å². The van der Waals surface area contributed by atoms with Crippen molar-refractivity contribution in [3.63, 3.8) is 0 Å². The molecular weight excluding hydrogens is 305 g/mol. The van der Waals surface area contributed by atoms with Crippen molar-refractivity contribution in [1.82, 2.24) is 4.98 Å². The van der Waals surface area contributed by atoms with Crippen LogP contribution < -0.4 is 14.9 Å². The highest BCUT2D eigenvalue weighted by Crippen LogP contribution is 2.39. The lowest BCUT2D eigenvalue weighted by Gasteiger charge is -2.32. The number of nitrogens with zero attached hydrogens (tertiary/aromatic N) is 1. The first kappa shape index (κ1) is 17.6. The molecule has 2 aliphatic rings. The maximum Gasteiger partial charge on any atom is 0.502 e. The molecule has 0 atom stereocenters. The number of hydrogen-bond acceptors (Lipinski definition) is 5. The molecule has 0 unspecified atom stereocenters. The molecule has 132 valence electrons. The van der Waals surface area contributed by atoms with E-state index >= 15 is 0 Å². The lowest BCUT2D eigenvalue weighted by atomic mass is 9.78. The van der Waals surface area contributed by atoms with Gasteiger partial charge in [-0.15, -0.1) is 0 Å². The lowest BCUT2D eigenvalue weighted by Crippen LogP contribution is -2.41. The van der Waals surface area contributed by atoms with E-state index in [0.29, 0.717) is 11.5 Å². The summed E-state index contributed by atoms with van der Waals surface area (Å²) in [6, 6.07) is 0. The number of hydrogen-bond donors (Lipinski definition) is 0. The Morgan fingerprint density at radius 3 is 2.08 bits per heavy atom. The van der Waals surface area contributed by atoms with E-state index in [9.17, 15) is 0 Å². The Bertz CT molecular complexity index is 604. The third-order valence-corrected chi connectivity index (χ3v) is 4.64. The standard InChI is InChI=1S/C18H28BNO4/c1-16(2,3)22-14-11-20-10-13(21-12-8-9-12)15(14)19-23-17(4,5)18(6,7)24-19/h10-12H,8-9H2,1-7H3. The molecule has 1 aromatic rings. The van der Waals surface area contributed by atoms with E-state index in [-0.39, 0.29) is 11.7 Å². The van der Waals surface area contributed by atoms with Crippen LogP contribution in [0.4, 0.5) is 0 Å². The summed E-state index contributed by atoms with van der Waals surface area (Å²) in [6.07, 6.45) is 5.86. The molecule has 1 aromatic heterocycles. The Hall–Kier alpha value is -1.27. The molecule has 1 saturated carbocycles. The monoisotopic (exact) mass is 333 g/mol. The fourth-order valence-corrected chi connectivity index (χ4v) is 2.50. The predicted octanol–water partition coefficient (Wildman–Crippen LogP) is 3.10. The molecule has 0 bridgehead atoms. The normalized spacial score (nSPS) is 22.5. The zero-order chi connectivity index (χ0) is 17.8. The summed E-state index contributed by atoms with van der Waals surface area (Å²) in [4.78, 5) is 4.29. The van der Waals surface area contributed by atoms with Gasteiger partial charge in [-0.2, -0.15) is 0 Å². The molecule has 1 aliphatic carbocycles. The minimum atomic E-state index is -0.538. The molecule has 0 N–H and O–H groups in total. The van der Waals surface area contributed by atoms with Gasteiger partial charge < -0.3 is 18.8 Å². The van der Waals surface area contributed by atoms with E-state index in [2.05, 4.69) is 4.98 Å². The summed E-state index contributed by atoms with van der Waals surface area (Å²) in [5.74, 6) is 1.34. The summed E-state index contributed by atoms with van der Waals surface area (Å²) in [5.41, 5.74) is -0.392. The zero-order valence-electron chi connectivity index (χ0n) is 15.8. The van der Waals surface area contributed by atoms with Crippen molar-refractivity contribution in [3.05, 3.63) is 12.4 Å². The molecule has 6 heteroatoms. The van der Waals surface area contributed by atoms with E-state index in [1.807, 2.05) is 48.5 Å². The number of pyridine rings is 1. The molecule has 0 spiro atoms. The van der Waals surface area contributed by atoms with Gasteiger partial charge in [-0.1, -0.05) is 0 Å². The average Bonchev–Trinajstić information content (AvgIpc) is 3.15. The van der Waals surface area contributed by atoms with Gasteiger partial charge in [0.25, 0.3) is 0 Å². The third-order valence-electron chi connectivity index (χ3n) is 4.64. The van der Waals surface area contributed by atoms with Crippen molar-refractivity contribution in [2.45, 2.75) is 84.2 Å². The maximum absolute atomic E-state index is 6.24. The summed E-state index contributed by atoms with van der Waals surface area (Å²) >= 11 is 0. The van der Waals surface area contributed by atoms with Gasteiger partial charge >= 0.3 is 7.12 Å². The fourth-order valence-electron chi connectivity index (χ4n) is 2.50. The minimum Gasteiger partial charge on any atom is -0.489 e. The molecule has 2 heterocycles. The van der Waals surface area contributed by atoms with Gasteiger partial charge in [0.1, 0.15) is 17.1 Å². The number of aromatic nitrogens is 1. The van der Waals surface area contributed by atoms with Crippen LogP contribution in [0.1, 0.15) is 61.3 Å². The Labute approximate surface area is 145 Å². The predicted molar refractivity (Wildman–Crippen MR) is 94.0 cm³/mol. The Morgan fingerprint density at radius 1 is 1.04 bits per heavy atom. The first-order valence-electron chi connectivity index (χ1n) is 8.68. The second kappa shape index (κ2) is 5.63. The molecule has 0 aromatic carbocycles. The van der Waals surface area contributed by atoms with Crippen LogP contribution in [0.5, 0.6) is 11.5 Å². The number of rotatable bonds is 4. The van der Waals surface area contributed by atoms with Gasteiger partial charge in [-0.3, -0.25) is 4.98 Å². The van der Waals surface area contributed by atoms with E-state index in [4.69, 9.17) is 18.8 Å². The Morgan fingerprint density at radius 2 is 1.58 bits per heavy atom. The van der Waals surface area contributed by atoms with Crippen LogP contribution in [0.15, 0.2) is 12.4 Å². The Balaban J connectivity index is 2.00. The van der Waals surface area contributed by atoms with Crippen LogP contribution in [-0.2, 0) is 9.31 Å². The summed E-state index contributed by atoms with van der Waals surface area (Å²) in [5, 5.41) is 0. The average molecular weight is 333 g/mol. The van der Waals surface area contributed by atoms with E-state index in [0.717, 1.165) is 18.3 Å².